The SMILES string of the molecule is CC(C)Oc1cc(C(=O)Nc2nccs2)cc(Oc2ccc(S(=O)(=O)N3CCC3)cc2)n1. The lowest BCUT2D eigenvalue weighted by Crippen LogP contribution is -2.41. The Labute approximate surface area is 190 Å². The van der Waals surface area contributed by atoms with Crippen LogP contribution in [0.15, 0.2) is 52.9 Å². The van der Waals surface area contributed by atoms with Gasteiger partial charge >= 0.3 is 0 Å². The van der Waals surface area contributed by atoms with E-state index in [9.17, 15) is 13.2 Å². The molecule has 4 rings (SSSR count). The lowest BCUT2D eigenvalue weighted by Gasteiger charge is -2.29. The van der Waals surface area contributed by atoms with Gasteiger partial charge < -0.3 is 9.47 Å². The number of ether oxygens (including phenoxy) is 2. The van der Waals surface area contributed by atoms with Gasteiger partial charge in [0.25, 0.3) is 5.91 Å². The molecule has 168 valence electrons. The molecule has 0 spiro atoms. The zero-order chi connectivity index (χ0) is 22.7. The third-order valence-electron chi connectivity index (χ3n) is 4.55. The molecule has 0 atom stereocenters. The molecule has 1 N–H and O–H groups in total. The number of pyridine rings is 1. The maximum atomic E-state index is 12.7. The average Bonchev–Trinajstić information content (AvgIpc) is 3.19. The van der Waals surface area contributed by atoms with Crippen LogP contribution in [0.3, 0.4) is 0 Å². The third kappa shape index (κ3) is 5.06. The third-order valence-corrected chi connectivity index (χ3v) is 7.15. The number of amides is 1. The van der Waals surface area contributed by atoms with Crippen molar-refractivity contribution in [1.29, 1.82) is 0 Å². The van der Waals surface area contributed by atoms with Gasteiger partial charge in [-0.1, -0.05) is 0 Å². The minimum Gasteiger partial charge on any atom is -0.475 e. The summed E-state index contributed by atoms with van der Waals surface area (Å²) in [6, 6.07) is 9.11. The summed E-state index contributed by atoms with van der Waals surface area (Å²) in [5, 5.41) is 4.95. The highest BCUT2D eigenvalue weighted by Crippen LogP contribution is 2.28. The molecule has 2 aromatic heterocycles. The van der Waals surface area contributed by atoms with Gasteiger partial charge in [0.2, 0.25) is 21.8 Å². The van der Waals surface area contributed by atoms with E-state index in [4.69, 9.17) is 9.47 Å². The van der Waals surface area contributed by atoms with Gasteiger partial charge in [-0.15, -0.1) is 11.3 Å². The van der Waals surface area contributed by atoms with Crippen molar-refractivity contribution >= 4 is 32.4 Å². The molecule has 0 aliphatic carbocycles. The Bertz CT molecular complexity index is 1190. The van der Waals surface area contributed by atoms with Crippen LogP contribution in [0.2, 0.25) is 0 Å². The Hall–Kier alpha value is -3.02. The van der Waals surface area contributed by atoms with Crippen molar-refractivity contribution in [1.82, 2.24) is 14.3 Å². The van der Waals surface area contributed by atoms with Gasteiger partial charge in [0.1, 0.15) is 5.75 Å². The summed E-state index contributed by atoms with van der Waals surface area (Å²) in [6.45, 7) is 4.78. The second kappa shape index (κ2) is 9.23. The molecule has 3 aromatic rings. The monoisotopic (exact) mass is 474 g/mol. The number of thiazole rings is 1. The van der Waals surface area contributed by atoms with E-state index in [0.29, 0.717) is 24.0 Å². The summed E-state index contributed by atoms with van der Waals surface area (Å²) in [5.74, 6) is 0.384. The topological polar surface area (TPSA) is 111 Å². The summed E-state index contributed by atoms with van der Waals surface area (Å²) in [5.41, 5.74) is 0.290. The number of carbonyl (C=O) groups excluding carboxylic acids is 1. The number of hydrogen-bond acceptors (Lipinski definition) is 8. The fourth-order valence-electron chi connectivity index (χ4n) is 2.90. The first-order valence-electron chi connectivity index (χ1n) is 9.99. The minimum absolute atomic E-state index is 0.144. The van der Waals surface area contributed by atoms with E-state index < -0.39 is 10.0 Å². The maximum Gasteiger partial charge on any atom is 0.257 e. The first-order valence-corrected chi connectivity index (χ1v) is 12.3. The Balaban J connectivity index is 1.56. The number of aromatic nitrogens is 2. The number of anilines is 1. The lowest BCUT2D eigenvalue weighted by molar-refractivity contribution is 0.102. The molecule has 0 saturated carbocycles. The molecule has 0 unspecified atom stereocenters. The fraction of sp³-hybridized carbons (Fsp3) is 0.286. The van der Waals surface area contributed by atoms with E-state index >= 15 is 0 Å². The summed E-state index contributed by atoms with van der Waals surface area (Å²) >= 11 is 1.30. The summed E-state index contributed by atoms with van der Waals surface area (Å²) in [4.78, 5) is 21.2. The Morgan fingerprint density at radius 3 is 2.47 bits per heavy atom. The second-order valence-electron chi connectivity index (χ2n) is 7.32. The van der Waals surface area contributed by atoms with Gasteiger partial charge in [-0.2, -0.15) is 9.29 Å². The number of hydrogen-bond donors (Lipinski definition) is 1. The van der Waals surface area contributed by atoms with Crippen LogP contribution in [-0.2, 0) is 10.0 Å². The highest BCUT2D eigenvalue weighted by molar-refractivity contribution is 7.89. The molecule has 0 radical (unpaired) electrons. The normalized spacial score (nSPS) is 14.1. The van der Waals surface area contributed by atoms with Crippen LogP contribution < -0.4 is 14.8 Å². The van der Waals surface area contributed by atoms with Gasteiger partial charge in [0.05, 0.1) is 16.6 Å². The molecule has 1 aliphatic heterocycles. The molecule has 3 heterocycles. The fourth-order valence-corrected chi connectivity index (χ4v) is 4.94. The molecule has 1 saturated heterocycles. The van der Waals surface area contributed by atoms with E-state index in [0.717, 1.165) is 6.42 Å². The molecular formula is C21H22N4O5S2. The quantitative estimate of drug-likeness (QED) is 0.529. The maximum absolute atomic E-state index is 12.7. The lowest BCUT2D eigenvalue weighted by atomic mass is 10.2. The van der Waals surface area contributed by atoms with Crippen molar-refractivity contribution in [2.45, 2.75) is 31.3 Å². The van der Waals surface area contributed by atoms with E-state index in [1.165, 1.54) is 39.9 Å². The number of benzene rings is 1. The zero-order valence-corrected chi connectivity index (χ0v) is 19.1. The highest BCUT2D eigenvalue weighted by Gasteiger charge is 2.29. The Morgan fingerprint density at radius 1 is 1.16 bits per heavy atom. The molecule has 1 aromatic carbocycles. The summed E-state index contributed by atoms with van der Waals surface area (Å²) in [7, 11) is -3.47. The predicted octanol–water partition coefficient (Wildman–Crippen LogP) is 3.76. The van der Waals surface area contributed by atoms with Crippen molar-refractivity contribution in [3.05, 3.63) is 53.5 Å². The second-order valence-corrected chi connectivity index (χ2v) is 10.2. The van der Waals surface area contributed by atoms with Gasteiger partial charge in [-0.3, -0.25) is 10.1 Å². The molecule has 11 heteroatoms. The first kappa shape index (κ1) is 22.2. The molecule has 1 aliphatic rings. The summed E-state index contributed by atoms with van der Waals surface area (Å²) < 4.78 is 37.9. The first-order chi connectivity index (χ1) is 15.3. The number of nitrogens with zero attached hydrogens (tertiary/aromatic N) is 3. The smallest absolute Gasteiger partial charge is 0.257 e. The minimum atomic E-state index is -3.47. The highest BCUT2D eigenvalue weighted by atomic mass is 32.2. The van der Waals surface area contributed by atoms with Crippen LogP contribution in [-0.4, -0.2) is 47.8 Å². The van der Waals surface area contributed by atoms with Crippen LogP contribution in [0.4, 0.5) is 5.13 Å². The summed E-state index contributed by atoms with van der Waals surface area (Å²) in [6.07, 6.45) is 2.32. The van der Waals surface area contributed by atoms with E-state index in [-0.39, 0.29) is 34.2 Å². The van der Waals surface area contributed by atoms with Crippen molar-refractivity contribution in [2.24, 2.45) is 0 Å². The van der Waals surface area contributed by atoms with Crippen LogP contribution in [0.25, 0.3) is 0 Å². The Morgan fingerprint density at radius 2 is 1.88 bits per heavy atom. The van der Waals surface area contributed by atoms with E-state index in [2.05, 4.69) is 15.3 Å². The standard InChI is InChI=1S/C21H22N4O5S2/c1-14(2)29-18-12-15(20(26)24-21-22-8-11-31-21)13-19(23-18)30-16-4-6-17(7-5-16)32(27,28)25-9-3-10-25/h4-8,11-14H,3,9-10H2,1-2H3,(H,22,24,26). The number of nitrogens with one attached hydrogen (secondary N) is 1. The molecule has 32 heavy (non-hydrogen) atoms. The van der Waals surface area contributed by atoms with Crippen molar-refractivity contribution in [3.63, 3.8) is 0 Å². The predicted molar refractivity (Wildman–Crippen MR) is 120 cm³/mol. The van der Waals surface area contributed by atoms with Crippen molar-refractivity contribution in [3.8, 4) is 17.5 Å². The van der Waals surface area contributed by atoms with E-state index in [1.54, 1.807) is 23.7 Å². The number of sulfonamides is 1. The average molecular weight is 475 g/mol. The van der Waals surface area contributed by atoms with E-state index in [1.807, 2.05) is 13.8 Å². The van der Waals surface area contributed by atoms with Crippen LogP contribution in [0.5, 0.6) is 17.5 Å². The van der Waals surface area contributed by atoms with Gasteiger partial charge in [-0.25, -0.2) is 13.4 Å². The van der Waals surface area contributed by atoms with Gasteiger partial charge in [-0.05, 0) is 44.5 Å². The van der Waals surface area contributed by atoms with Crippen LogP contribution >= 0.6 is 11.3 Å². The molecule has 1 fully saturated rings. The molecule has 9 nitrogen and oxygen atoms in total. The van der Waals surface area contributed by atoms with Crippen molar-refractivity contribution < 1.29 is 22.7 Å². The van der Waals surface area contributed by atoms with Crippen LogP contribution in [0.1, 0.15) is 30.6 Å². The number of rotatable bonds is 8. The number of carbonyl (C=O) groups is 1. The largest absolute Gasteiger partial charge is 0.475 e. The molecule has 1 amide bonds. The Kier molecular flexibility index (Phi) is 6.40. The van der Waals surface area contributed by atoms with Crippen molar-refractivity contribution in [2.75, 3.05) is 18.4 Å². The van der Waals surface area contributed by atoms with Gasteiger partial charge in [0.15, 0.2) is 5.13 Å². The van der Waals surface area contributed by atoms with Crippen LogP contribution in [0, 0.1) is 0 Å². The molecule has 0 bridgehead atoms. The zero-order valence-electron chi connectivity index (χ0n) is 17.5. The van der Waals surface area contributed by atoms with Gasteiger partial charge in [0, 0.05) is 36.8 Å². The molecular weight excluding hydrogens is 452 g/mol.